The summed E-state index contributed by atoms with van der Waals surface area (Å²) >= 11 is 0. The van der Waals surface area contributed by atoms with Gasteiger partial charge in [-0.1, -0.05) is 5.16 Å². The summed E-state index contributed by atoms with van der Waals surface area (Å²) < 4.78 is 26.3. The first-order valence-corrected chi connectivity index (χ1v) is 3.94. The second-order valence-corrected chi connectivity index (χ2v) is 3.63. The molecular formula is C8H17N3O3. The van der Waals surface area contributed by atoms with Gasteiger partial charge in [-0.25, -0.2) is 0 Å². The maximum absolute atomic E-state index is 11.4. The molecule has 0 bridgehead atoms. The predicted octanol–water partition coefficient (Wildman–Crippen LogP) is -0.0362. The molecule has 0 atom stereocenters. The van der Waals surface area contributed by atoms with E-state index in [0.717, 1.165) is 0 Å². The Balaban J connectivity index is 4.74. The Morgan fingerprint density at radius 1 is 1.71 bits per heavy atom. The van der Waals surface area contributed by atoms with E-state index in [1.807, 2.05) is 0 Å². The molecule has 0 heterocycles. The fraction of sp³-hybridized carbons (Fsp3) is 0.750. The van der Waals surface area contributed by atoms with Crippen molar-refractivity contribution in [1.82, 2.24) is 4.90 Å². The Labute approximate surface area is 87.5 Å². The van der Waals surface area contributed by atoms with Gasteiger partial charge in [0, 0.05) is 11.1 Å². The molecule has 0 radical (unpaired) electrons. The van der Waals surface area contributed by atoms with Gasteiger partial charge in [-0.2, -0.15) is 0 Å². The molecular weight excluding hydrogens is 186 g/mol. The van der Waals surface area contributed by atoms with Crippen molar-refractivity contribution < 1.29 is 18.9 Å². The van der Waals surface area contributed by atoms with E-state index in [-0.39, 0.29) is 0 Å². The highest BCUT2D eigenvalue weighted by Crippen LogP contribution is 2.06. The Morgan fingerprint density at radius 3 is 2.64 bits per heavy atom. The Hall–Kier alpha value is -1.46. The lowest BCUT2D eigenvalue weighted by atomic mass is 10.2. The van der Waals surface area contributed by atoms with Crippen LogP contribution in [0, 0.1) is 0 Å². The number of oxime groups is 1. The van der Waals surface area contributed by atoms with Gasteiger partial charge in [0.15, 0.2) is 0 Å². The molecule has 82 valence electrons. The van der Waals surface area contributed by atoms with Crippen molar-refractivity contribution in [3.05, 3.63) is 0 Å². The molecule has 0 unspecified atom stereocenters. The summed E-state index contributed by atoms with van der Waals surface area (Å²) in [7, 11) is 0. The van der Waals surface area contributed by atoms with Crippen LogP contribution >= 0.6 is 0 Å². The fourth-order valence-corrected chi connectivity index (χ4v) is 0.638. The third-order valence-electron chi connectivity index (χ3n) is 1.09. The molecule has 0 saturated heterocycles. The molecule has 6 heteroatoms. The van der Waals surface area contributed by atoms with Crippen molar-refractivity contribution >= 4 is 11.9 Å². The fourth-order valence-electron chi connectivity index (χ4n) is 0.638. The van der Waals surface area contributed by atoms with Gasteiger partial charge in [0.05, 0.1) is 0 Å². The van der Waals surface area contributed by atoms with E-state index in [1.54, 1.807) is 20.8 Å². The highest BCUT2D eigenvalue weighted by atomic mass is 16.6. The molecule has 3 N–H and O–H groups in total. The standard InChI is InChI=1S/C8H17N3O3/c1-8(2,3)14-6(12)5-11(4)7(9)10-13/h13H,5H2,1-4H3,(H2,9,10)/i4D3. The average molecular weight is 206 g/mol. The van der Waals surface area contributed by atoms with Crippen molar-refractivity contribution in [1.29, 1.82) is 0 Å². The lowest BCUT2D eigenvalue weighted by molar-refractivity contribution is -0.154. The molecule has 0 aliphatic heterocycles. The number of ether oxygens (including phenoxy) is 1. The zero-order chi connectivity index (χ0) is 13.9. The summed E-state index contributed by atoms with van der Waals surface area (Å²) in [5, 5.41) is 11.0. The summed E-state index contributed by atoms with van der Waals surface area (Å²) in [6.07, 6.45) is 0. The van der Waals surface area contributed by atoms with E-state index in [4.69, 9.17) is 19.8 Å². The number of carbonyl (C=O) groups is 1. The predicted molar refractivity (Wildman–Crippen MR) is 51.9 cm³/mol. The van der Waals surface area contributed by atoms with E-state index in [0.29, 0.717) is 4.90 Å². The average Bonchev–Trinajstić information content (AvgIpc) is 2.08. The van der Waals surface area contributed by atoms with Crippen LogP contribution in [0.3, 0.4) is 0 Å². The lowest BCUT2D eigenvalue weighted by Crippen LogP contribution is -2.40. The SMILES string of the molecule is [2H]C([2H])([2H])N(CC(=O)OC(C)(C)C)C(N)=NO. The van der Waals surface area contributed by atoms with Gasteiger partial charge >= 0.3 is 5.97 Å². The Morgan fingerprint density at radius 2 is 2.29 bits per heavy atom. The summed E-state index contributed by atoms with van der Waals surface area (Å²) in [5.41, 5.74) is 4.44. The van der Waals surface area contributed by atoms with Crippen molar-refractivity contribution in [2.75, 3.05) is 13.5 Å². The number of esters is 1. The van der Waals surface area contributed by atoms with Crippen molar-refractivity contribution in [2.45, 2.75) is 26.4 Å². The normalized spacial score (nSPS) is 16.5. The van der Waals surface area contributed by atoms with Gasteiger partial charge < -0.3 is 20.6 Å². The summed E-state index contributed by atoms with van der Waals surface area (Å²) in [4.78, 5) is 11.9. The minimum atomic E-state index is -2.69. The van der Waals surface area contributed by atoms with Crippen LogP contribution in [0.2, 0.25) is 0 Å². The minimum Gasteiger partial charge on any atom is -0.459 e. The molecule has 0 rings (SSSR count). The molecule has 0 aromatic heterocycles. The van der Waals surface area contributed by atoms with E-state index in [2.05, 4.69) is 5.16 Å². The van der Waals surface area contributed by atoms with Crippen LogP contribution in [0.25, 0.3) is 0 Å². The largest absolute Gasteiger partial charge is 0.459 e. The number of hydrogen-bond acceptors (Lipinski definition) is 4. The first-order chi connectivity index (χ1) is 7.47. The molecule has 0 aromatic rings. The van der Waals surface area contributed by atoms with Gasteiger partial charge in [-0.05, 0) is 20.8 Å². The van der Waals surface area contributed by atoms with E-state index >= 15 is 0 Å². The van der Waals surface area contributed by atoms with E-state index in [9.17, 15) is 4.79 Å². The summed E-state index contributed by atoms with van der Waals surface area (Å²) in [6.45, 7) is 1.63. The number of guanidine groups is 1. The third kappa shape index (κ3) is 5.23. The van der Waals surface area contributed by atoms with Crippen LogP contribution in [0.5, 0.6) is 0 Å². The first kappa shape index (κ1) is 7.90. The van der Waals surface area contributed by atoms with Crippen LogP contribution in [-0.4, -0.2) is 41.2 Å². The van der Waals surface area contributed by atoms with Gasteiger partial charge in [0.1, 0.15) is 12.1 Å². The maximum Gasteiger partial charge on any atom is 0.326 e. The van der Waals surface area contributed by atoms with Gasteiger partial charge in [0.25, 0.3) is 0 Å². The van der Waals surface area contributed by atoms with Crippen LogP contribution in [0.15, 0.2) is 5.16 Å². The van der Waals surface area contributed by atoms with E-state index in [1.165, 1.54) is 0 Å². The molecule has 14 heavy (non-hydrogen) atoms. The third-order valence-corrected chi connectivity index (χ3v) is 1.09. The molecule has 0 aliphatic carbocycles. The lowest BCUT2D eigenvalue weighted by Gasteiger charge is -2.22. The zero-order valence-electron chi connectivity index (χ0n) is 11.4. The van der Waals surface area contributed by atoms with Gasteiger partial charge in [-0.15, -0.1) is 0 Å². The summed E-state index contributed by atoms with van der Waals surface area (Å²) in [6, 6.07) is 0. The van der Waals surface area contributed by atoms with Crippen LogP contribution in [0.1, 0.15) is 24.9 Å². The van der Waals surface area contributed by atoms with Crippen molar-refractivity contribution in [3.63, 3.8) is 0 Å². The van der Waals surface area contributed by atoms with Crippen LogP contribution < -0.4 is 5.73 Å². The highest BCUT2D eigenvalue weighted by molar-refractivity contribution is 5.82. The number of likely N-dealkylation sites (N-methyl/N-ethyl adjacent to an activating group) is 1. The highest BCUT2D eigenvalue weighted by Gasteiger charge is 2.18. The van der Waals surface area contributed by atoms with Crippen molar-refractivity contribution in [2.24, 2.45) is 10.9 Å². The number of rotatable bonds is 2. The molecule has 6 nitrogen and oxygen atoms in total. The molecule has 0 aromatic carbocycles. The minimum absolute atomic E-state index is 0.473. The molecule has 0 aliphatic rings. The Kier molecular flexibility index (Phi) is 2.64. The quantitative estimate of drug-likeness (QED) is 0.218. The maximum atomic E-state index is 11.4. The Bertz CT molecular complexity index is 309. The van der Waals surface area contributed by atoms with E-state index < -0.39 is 31.1 Å². The number of nitrogens with zero attached hydrogens (tertiary/aromatic N) is 2. The monoisotopic (exact) mass is 206 g/mol. The van der Waals surface area contributed by atoms with Crippen molar-refractivity contribution in [3.8, 4) is 0 Å². The number of carbonyl (C=O) groups excluding carboxylic acids is 1. The number of hydrogen-bond donors (Lipinski definition) is 2. The topological polar surface area (TPSA) is 88.2 Å². The van der Waals surface area contributed by atoms with Crippen LogP contribution in [0.4, 0.5) is 0 Å². The number of nitrogens with two attached hydrogens (primary N) is 1. The molecule has 0 saturated carbocycles. The van der Waals surface area contributed by atoms with Gasteiger partial charge in [0.2, 0.25) is 5.96 Å². The molecule has 0 spiro atoms. The second-order valence-electron chi connectivity index (χ2n) is 3.63. The van der Waals surface area contributed by atoms with Crippen LogP contribution in [-0.2, 0) is 9.53 Å². The first-order valence-electron chi connectivity index (χ1n) is 5.44. The molecule has 0 amide bonds. The zero-order valence-corrected chi connectivity index (χ0v) is 8.44. The summed E-state index contributed by atoms with van der Waals surface area (Å²) in [5.74, 6) is -1.45. The second kappa shape index (κ2) is 4.69. The molecule has 0 fully saturated rings. The smallest absolute Gasteiger partial charge is 0.326 e. The van der Waals surface area contributed by atoms with Gasteiger partial charge in [-0.3, -0.25) is 4.79 Å².